The van der Waals surface area contributed by atoms with Crippen molar-refractivity contribution >= 4 is 28.5 Å². The molecule has 17 heavy (non-hydrogen) atoms. The van der Waals surface area contributed by atoms with Gasteiger partial charge in [-0.05, 0) is 12.8 Å². The maximum Gasteiger partial charge on any atom is 0.228 e. The number of carbonyl (C=O) groups excluding carboxylic acids is 2. The van der Waals surface area contributed by atoms with Crippen LogP contribution in [-0.2, 0) is 9.59 Å². The standard InChI is InChI=1S/C10H12N4O2S/c15-7-3-6(11-7)4-8(16)12-10-13-9(14-17-10)5-1-2-5/h5-6H,1-4H2,(H,11,15)(H,12,13,14,16). The van der Waals surface area contributed by atoms with Gasteiger partial charge in [0.1, 0.15) is 5.82 Å². The molecule has 90 valence electrons. The van der Waals surface area contributed by atoms with Crippen LogP contribution in [0.4, 0.5) is 5.13 Å². The lowest BCUT2D eigenvalue weighted by molar-refractivity contribution is -0.129. The van der Waals surface area contributed by atoms with Crippen LogP contribution in [0.25, 0.3) is 0 Å². The smallest absolute Gasteiger partial charge is 0.228 e. The second-order valence-corrected chi connectivity index (χ2v) is 5.20. The van der Waals surface area contributed by atoms with E-state index in [1.807, 2.05) is 0 Å². The zero-order chi connectivity index (χ0) is 11.8. The molecule has 1 aliphatic heterocycles. The minimum absolute atomic E-state index is 0.00901. The van der Waals surface area contributed by atoms with Crippen molar-refractivity contribution in [2.45, 2.75) is 37.6 Å². The minimum Gasteiger partial charge on any atom is -0.352 e. The average molecular weight is 252 g/mol. The number of rotatable bonds is 4. The van der Waals surface area contributed by atoms with Crippen molar-refractivity contribution in [1.29, 1.82) is 0 Å². The van der Waals surface area contributed by atoms with Gasteiger partial charge in [-0.25, -0.2) is 4.98 Å². The molecule has 2 fully saturated rings. The van der Waals surface area contributed by atoms with Crippen molar-refractivity contribution < 1.29 is 9.59 Å². The van der Waals surface area contributed by atoms with E-state index in [9.17, 15) is 9.59 Å². The van der Waals surface area contributed by atoms with Gasteiger partial charge < -0.3 is 10.6 Å². The summed E-state index contributed by atoms with van der Waals surface area (Å²) in [5.74, 6) is 1.24. The van der Waals surface area contributed by atoms with Gasteiger partial charge in [0, 0.05) is 36.3 Å². The second kappa shape index (κ2) is 4.06. The van der Waals surface area contributed by atoms with Crippen molar-refractivity contribution in [2.75, 3.05) is 5.32 Å². The van der Waals surface area contributed by atoms with Crippen molar-refractivity contribution in [1.82, 2.24) is 14.7 Å². The third kappa shape index (κ3) is 2.44. The van der Waals surface area contributed by atoms with Crippen LogP contribution in [0.2, 0.25) is 0 Å². The molecule has 2 heterocycles. The van der Waals surface area contributed by atoms with E-state index in [0.717, 1.165) is 18.7 Å². The molecule has 7 heteroatoms. The van der Waals surface area contributed by atoms with Crippen molar-refractivity contribution in [3.05, 3.63) is 5.82 Å². The van der Waals surface area contributed by atoms with Gasteiger partial charge >= 0.3 is 0 Å². The SMILES string of the molecule is O=C(CC1CC(=O)N1)Nc1nc(C2CC2)ns1. The highest BCUT2D eigenvalue weighted by atomic mass is 32.1. The Kier molecular flexibility index (Phi) is 2.54. The zero-order valence-electron chi connectivity index (χ0n) is 9.10. The molecule has 2 aliphatic rings. The van der Waals surface area contributed by atoms with Crippen LogP contribution in [0.1, 0.15) is 37.4 Å². The number of anilines is 1. The summed E-state index contributed by atoms with van der Waals surface area (Å²) in [4.78, 5) is 26.5. The molecule has 1 saturated heterocycles. The van der Waals surface area contributed by atoms with E-state index < -0.39 is 0 Å². The maximum atomic E-state index is 11.6. The molecule has 2 N–H and O–H groups in total. The number of hydrogen-bond acceptors (Lipinski definition) is 5. The summed E-state index contributed by atoms with van der Waals surface area (Å²) in [5.41, 5.74) is 0. The lowest BCUT2D eigenvalue weighted by atomic mass is 10.0. The minimum atomic E-state index is -0.117. The molecule has 1 unspecified atom stereocenters. The Labute approximate surface area is 102 Å². The van der Waals surface area contributed by atoms with Crippen LogP contribution in [0.15, 0.2) is 0 Å². The Hall–Kier alpha value is -1.50. The molecule has 0 spiro atoms. The van der Waals surface area contributed by atoms with E-state index in [-0.39, 0.29) is 17.9 Å². The summed E-state index contributed by atoms with van der Waals surface area (Å²) >= 11 is 1.22. The molecule has 1 atom stereocenters. The van der Waals surface area contributed by atoms with E-state index in [2.05, 4.69) is 20.0 Å². The summed E-state index contributed by atoms with van der Waals surface area (Å²) in [7, 11) is 0. The quantitative estimate of drug-likeness (QED) is 0.770. The lowest BCUT2D eigenvalue weighted by Gasteiger charge is -2.25. The topological polar surface area (TPSA) is 84.0 Å². The second-order valence-electron chi connectivity index (χ2n) is 4.45. The van der Waals surface area contributed by atoms with Gasteiger partial charge in [0.15, 0.2) is 0 Å². The molecular weight excluding hydrogens is 240 g/mol. The van der Waals surface area contributed by atoms with Crippen molar-refractivity contribution in [3.63, 3.8) is 0 Å². The Morgan fingerprint density at radius 3 is 2.94 bits per heavy atom. The van der Waals surface area contributed by atoms with Gasteiger partial charge in [-0.1, -0.05) is 0 Å². The summed E-state index contributed by atoms with van der Waals surface area (Å²) in [6.45, 7) is 0. The Morgan fingerprint density at radius 2 is 2.29 bits per heavy atom. The zero-order valence-corrected chi connectivity index (χ0v) is 9.92. The molecule has 0 radical (unpaired) electrons. The summed E-state index contributed by atoms with van der Waals surface area (Å²) in [6, 6.07) is -0.0154. The number of nitrogens with one attached hydrogen (secondary N) is 2. The number of amides is 2. The number of carbonyl (C=O) groups is 2. The van der Waals surface area contributed by atoms with Crippen LogP contribution in [0, 0.1) is 0 Å². The van der Waals surface area contributed by atoms with Gasteiger partial charge in [-0.15, -0.1) is 0 Å². The van der Waals surface area contributed by atoms with Gasteiger partial charge in [-0.2, -0.15) is 4.37 Å². The van der Waals surface area contributed by atoms with Gasteiger partial charge in [0.2, 0.25) is 16.9 Å². The first kappa shape index (κ1) is 10.6. The maximum absolute atomic E-state index is 11.6. The Balaban J connectivity index is 1.51. The van der Waals surface area contributed by atoms with E-state index >= 15 is 0 Å². The molecule has 1 aromatic rings. The fourth-order valence-electron chi connectivity index (χ4n) is 1.74. The number of hydrogen-bond donors (Lipinski definition) is 2. The molecule has 1 aromatic heterocycles. The van der Waals surface area contributed by atoms with Crippen molar-refractivity contribution in [3.8, 4) is 0 Å². The number of β-lactam (4-membered cyclic amide) rings is 1. The van der Waals surface area contributed by atoms with Crippen LogP contribution < -0.4 is 10.6 Å². The molecule has 1 saturated carbocycles. The molecule has 0 aromatic carbocycles. The highest BCUT2D eigenvalue weighted by molar-refractivity contribution is 7.09. The van der Waals surface area contributed by atoms with E-state index in [0.29, 0.717) is 23.9 Å². The van der Waals surface area contributed by atoms with Gasteiger partial charge in [-0.3, -0.25) is 9.59 Å². The lowest BCUT2D eigenvalue weighted by Crippen LogP contribution is -2.49. The molecular formula is C10H12N4O2S. The average Bonchev–Trinajstić information content (AvgIpc) is 2.98. The first-order chi connectivity index (χ1) is 8.20. The van der Waals surface area contributed by atoms with E-state index in [1.54, 1.807) is 0 Å². The summed E-state index contributed by atoms with van der Waals surface area (Å²) in [5, 5.41) is 5.93. The predicted molar refractivity (Wildman–Crippen MR) is 61.7 cm³/mol. The molecule has 1 aliphatic carbocycles. The highest BCUT2D eigenvalue weighted by Crippen LogP contribution is 2.39. The highest BCUT2D eigenvalue weighted by Gasteiger charge is 2.29. The van der Waals surface area contributed by atoms with Crippen LogP contribution in [0.3, 0.4) is 0 Å². The summed E-state index contributed by atoms with van der Waals surface area (Å²) < 4.78 is 4.20. The van der Waals surface area contributed by atoms with Crippen LogP contribution in [0.5, 0.6) is 0 Å². The normalized spacial score (nSPS) is 22.8. The van der Waals surface area contributed by atoms with E-state index in [1.165, 1.54) is 11.5 Å². The molecule has 0 bridgehead atoms. The van der Waals surface area contributed by atoms with Crippen LogP contribution in [-0.4, -0.2) is 27.2 Å². The monoisotopic (exact) mass is 252 g/mol. The largest absolute Gasteiger partial charge is 0.352 e. The first-order valence-corrected chi connectivity index (χ1v) is 6.41. The Morgan fingerprint density at radius 1 is 1.53 bits per heavy atom. The summed E-state index contributed by atoms with van der Waals surface area (Å²) in [6.07, 6.45) is 3.05. The molecule has 3 rings (SSSR count). The number of nitrogens with zero attached hydrogens (tertiary/aromatic N) is 2. The van der Waals surface area contributed by atoms with E-state index in [4.69, 9.17) is 0 Å². The third-order valence-electron chi connectivity index (χ3n) is 2.86. The Bertz CT molecular complexity index is 461. The fraction of sp³-hybridized carbons (Fsp3) is 0.600. The van der Waals surface area contributed by atoms with Gasteiger partial charge in [0.25, 0.3) is 0 Å². The van der Waals surface area contributed by atoms with Gasteiger partial charge in [0.05, 0.1) is 0 Å². The number of aromatic nitrogens is 2. The fourth-order valence-corrected chi connectivity index (χ4v) is 2.40. The van der Waals surface area contributed by atoms with Crippen LogP contribution >= 0.6 is 11.5 Å². The predicted octanol–water partition coefficient (Wildman–Crippen LogP) is 0.633. The van der Waals surface area contributed by atoms with Crippen molar-refractivity contribution in [2.24, 2.45) is 0 Å². The first-order valence-electron chi connectivity index (χ1n) is 5.63. The molecule has 2 amide bonds. The third-order valence-corrected chi connectivity index (χ3v) is 3.50. The molecule has 6 nitrogen and oxygen atoms in total.